The molecule has 6 heteroatoms. The van der Waals surface area contributed by atoms with Crippen LogP contribution in [0.3, 0.4) is 0 Å². The number of likely N-dealkylation sites (N-methyl/N-ethyl adjacent to an activating group) is 1. The Hall–Kier alpha value is -0.690. The number of ether oxygens (including phenoxy) is 2. The lowest BCUT2D eigenvalue weighted by molar-refractivity contribution is -0.135. The molecule has 1 fully saturated rings. The molecule has 1 unspecified atom stereocenters. The number of rotatable bonds is 8. The molecule has 1 N–H and O–H groups in total. The minimum atomic E-state index is -0.0391. The molecule has 0 aliphatic carbocycles. The van der Waals surface area contributed by atoms with Gasteiger partial charge in [0.1, 0.15) is 6.04 Å². The fraction of sp³-hybridized carbons (Fsp3) is 0.923. The molecule has 1 amide bonds. The van der Waals surface area contributed by atoms with E-state index >= 15 is 0 Å². The van der Waals surface area contributed by atoms with Gasteiger partial charge in [0, 0.05) is 54.0 Å². The molecular weight excluding hydrogens is 246 g/mol. The molecule has 0 aromatic heterocycles. The number of methoxy groups -OCH3 is 1. The van der Waals surface area contributed by atoms with Crippen LogP contribution in [0, 0.1) is 0 Å². The second kappa shape index (κ2) is 9.25. The predicted molar refractivity (Wildman–Crippen MR) is 74.2 cm³/mol. The molecule has 1 saturated heterocycles. The monoisotopic (exact) mass is 273 g/mol. The third kappa shape index (κ3) is 5.86. The molecule has 112 valence electrons. The Balaban J connectivity index is 2.26. The van der Waals surface area contributed by atoms with E-state index in [2.05, 4.69) is 10.2 Å². The summed E-state index contributed by atoms with van der Waals surface area (Å²) in [6.07, 6.45) is 0.945. The van der Waals surface area contributed by atoms with Crippen LogP contribution >= 0.6 is 0 Å². The van der Waals surface area contributed by atoms with Gasteiger partial charge >= 0.3 is 0 Å². The molecule has 1 rings (SSSR count). The SMILES string of the molecule is COCCOCCCN1CCNCC1C(=O)N(C)C. The molecule has 19 heavy (non-hydrogen) atoms. The van der Waals surface area contributed by atoms with Gasteiger partial charge in [0.15, 0.2) is 0 Å². The van der Waals surface area contributed by atoms with Gasteiger partial charge in [-0.3, -0.25) is 9.69 Å². The van der Waals surface area contributed by atoms with Crippen LogP contribution in [0.5, 0.6) is 0 Å². The maximum Gasteiger partial charge on any atom is 0.240 e. The largest absolute Gasteiger partial charge is 0.382 e. The summed E-state index contributed by atoms with van der Waals surface area (Å²) in [6.45, 7) is 5.49. The van der Waals surface area contributed by atoms with Gasteiger partial charge in [-0.2, -0.15) is 0 Å². The van der Waals surface area contributed by atoms with Crippen LogP contribution in [-0.4, -0.2) is 89.0 Å². The maximum atomic E-state index is 12.1. The number of carbonyl (C=O) groups is 1. The molecule has 1 heterocycles. The zero-order valence-corrected chi connectivity index (χ0v) is 12.4. The van der Waals surface area contributed by atoms with Crippen molar-refractivity contribution < 1.29 is 14.3 Å². The van der Waals surface area contributed by atoms with Crippen LogP contribution in [-0.2, 0) is 14.3 Å². The van der Waals surface area contributed by atoms with E-state index in [1.54, 1.807) is 12.0 Å². The van der Waals surface area contributed by atoms with Crippen molar-refractivity contribution in [1.29, 1.82) is 0 Å². The highest BCUT2D eigenvalue weighted by molar-refractivity contribution is 5.81. The van der Waals surface area contributed by atoms with Crippen molar-refractivity contribution in [3.8, 4) is 0 Å². The number of nitrogens with one attached hydrogen (secondary N) is 1. The van der Waals surface area contributed by atoms with Crippen LogP contribution in [0.1, 0.15) is 6.42 Å². The number of hydrogen-bond donors (Lipinski definition) is 1. The molecule has 1 atom stereocenters. The summed E-state index contributed by atoms with van der Waals surface area (Å²) in [6, 6.07) is -0.0391. The molecule has 0 spiro atoms. The molecular formula is C13H27N3O3. The van der Waals surface area contributed by atoms with E-state index in [-0.39, 0.29) is 11.9 Å². The van der Waals surface area contributed by atoms with Crippen molar-refractivity contribution in [1.82, 2.24) is 15.1 Å². The highest BCUT2D eigenvalue weighted by Crippen LogP contribution is 2.06. The van der Waals surface area contributed by atoms with Gasteiger partial charge in [-0.15, -0.1) is 0 Å². The number of nitrogens with zero attached hydrogens (tertiary/aromatic N) is 2. The lowest BCUT2D eigenvalue weighted by Crippen LogP contribution is -2.57. The molecule has 0 saturated carbocycles. The van der Waals surface area contributed by atoms with Crippen molar-refractivity contribution in [2.45, 2.75) is 12.5 Å². The molecule has 0 radical (unpaired) electrons. The van der Waals surface area contributed by atoms with Crippen LogP contribution in [0.4, 0.5) is 0 Å². The summed E-state index contributed by atoms with van der Waals surface area (Å²) in [5.74, 6) is 0.174. The fourth-order valence-electron chi connectivity index (χ4n) is 2.17. The lowest BCUT2D eigenvalue weighted by atomic mass is 10.1. The first kappa shape index (κ1) is 16.4. The Labute approximate surface area is 116 Å². The Morgan fingerprint density at radius 2 is 2.16 bits per heavy atom. The van der Waals surface area contributed by atoms with Crippen LogP contribution in [0.2, 0.25) is 0 Å². The third-order valence-electron chi connectivity index (χ3n) is 3.25. The summed E-state index contributed by atoms with van der Waals surface area (Å²) in [5.41, 5.74) is 0. The van der Waals surface area contributed by atoms with Gasteiger partial charge in [-0.05, 0) is 6.42 Å². The van der Waals surface area contributed by atoms with Crippen molar-refractivity contribution in [2.75, 3.05) is 67.2 Å². The van der Waals surface area contributed by atoms with E-state index < -0.39 is 0 Å². The van der Waals surface area contributed by atoms with Gasteiger partial charge in [-0.1, -0.05) is 0 Å². The second-order valence-electron chi connectivity index (χ2n) is 4.95. The summed E-state index contributed by atoms with van der Waals surface area (Å²) in [7, 11) is 5.29. The summed E-state index contributed by atoms with van der Waals surface area (Å²) in [4.78, 5) is 16.0. The summed E-state index contributed by atoms with van der Waals surface area (Å²) in [5, 5.41) is 3.28. The zero-order chi connectivity index (χ0) is 14.1. The first-order chi connectivity index (χ1) is 9.16. The molecule has 0 aromatic rings. The quantitative estimate of drug-likeness (QED) is 0.599. The smallest absolute Gasteiger partial charge is 0.240 e. The average Bonchev–Trinajstić information content (AvgIpc) is 2.42. The second-order valence-corrected chi connectivity index (χ2v) is 4.95. The van der Waals surface area contributed by atoms with Gasteiger partial charge in [0.25, 0.3) is 0 Å². The Morgan fingerprint density at radius 1 is 1.37 bits per heavy atom. The Bertz CT molecular complexity index is 262. The van der Waals surface area contributed by atoms with E-state index in [0.717, 1.165) is 39.2 Å². The number of piperazine rings is 1. The van der Waals surface area contributed by atoms with Crippen molar-refractivity contribution in [2.24, 2.45) is 0 Å². The highest BCUT2D eigenvalue weighted by Gasteiger charge is 2.28. The molecule has 6 nitrogen and oxygen atoms in total. The maximum absolute atomic E-state index is 12.1. The van der Waals surface area contributed by atoms with E-state index in [1.807, 2.05) is 14.1 Å². The third-order valence-corrected chi connectivity index (χ3v) is 3.25. The number of hydrogen-bond acceptors (Lipinski definition) is 5. The first-order valence-electron chi connectivity index (χ1n) is 6.89. The average molecular weight is 273 g/mol. The minimum absolute atomic E-state index is 0.0391. The van der Waals surface area contributed by atoms with Crippen molar-refractivity contribution in [3.63, 3.8) is 0 Å². The van der Waals surface area contributed by atoms with Crippen LogP contribution in [0.15, 0.2) is 0 Å². The standard InChI is InChI=1S/C13H27N3O3/c1-15(2)13(17)12-11-14-5-7-16(12)6-4-8-19-10-9-18-3/h12,14H,4-11H2,1-3H3. The normalized spacial score (nSPS) is 20.5. The van der Waals surface area contributed by atoms with E-state index in [0.29, 0.717) is 13.2 Å². The van der Waals surface area contributed by atoms with Crippen LogP contribution < -0.4 is 5.32 Å². The van der Waals surface area contributed by atoms with Gasteiger partial charge in [0.05, 0.1) is 13.2 Å². The molecule has 1 aliphatic heterocycles. The summed E-state index contributed by atoms with van der Waals surface area (Å²) < 4.78 is 10.4. The first-order valence-corrected chi connectivity index (χ1v) is 6.89. The molecule has 0 bridgehead atoms. The lowest BCUT2D eigenvalue weighted by Gasteiger charge is -2.36. The predicted octanol–water partition coefficient (Wildman–Crippen LogP) is -0.598. The van der Waals surface area contributed by atoms with E-state index in [9.17, 15) is 4.79 Å². The van der Waals surface area contributed by atoms with E-state index in [4.69, 9.17) is 9.47 Å². The van der Waals surface area contributed by atoms with Gasteiger partial charge in [-0.25, -0.2) is 0 Å². The van der Waals surface area contributed by atoms with Gasteiger partial charge in [0.2, 0.25) is 5.91 Å². The molecule has 1 aliphatic rings. The Kier molecular flexibility index (Phi) is 7.97. The van der Waals surface area contributed by atoms with Crippen molar-refractivity contribution in [3.05, 3.63) is 0 Å². The van der Waals surface area contributed by atoms with E-state index in [1.165, 1.54) is 0 Å². The topological polar surface area (TPSA) is 54.0 Å². The number of carbonyl (C=O) groups excluding carboxylic acids is 1. The number of amides is 1. The van der Waals surface area contributed by atoms with Crippen LogP contribution in [0.25, 0.3) is 0 Å². The Morgan fingerprint density at radius 3 is 2.84 bits per heavy atom. The zero-order valence-electron chi connectivity index (χ0n) is 12.4. The minimum Gasteiger partial charge on any atom is -0.382 e. The van der Waals surface area contributed by atoms with Crippen molar-refractivity contribution >= 4 is 5.91 Å². The highest BCUT2D eigenvalue weighted by atomic mass is 16.5. The van der Waals surface area contributed by atoms with Gasteiger partial charge < -0.3 is 19.7 Å². The summed E-state index contributed by atoms with van der Waals surface area (Å²) >= 11 is 0. The molecule has 0 aromatic carbocycles. The fourth-order valence-corrected chi connectivity index (χ4v) is 2.17.